The van der Waals surface area contributed by atoms with Gasteiger partial charge in [-0.2, -0.15) is 0 Å². The van der Waals surface area contributed by atoms with Crippen molar-refractivity contribution in [1.82, 2.24) is 0 Å². The van der Waals surface area contributed by atoms with Gasteiger partial charge in [0.2, 0.25) is 0 Å². The van der Waals surface area contributed by atoms with Gasteiger partial charge >= 0.3 is 5.97 Å². The third kappa shape index (κ3) is 4.72. The van der Waals surface area contributed by atoms with Crippen LogP contribution in [-0.2, 0) is 19.7 Å². The molecule has 0 bridgehead atoms. The fourth-order valence-corrected chi connectivity index (χ4v) is 4.45. The molecule has 37 heavy (non-hydrogen) atoms. The van der Waals surface area contributed by atoms with E-state index in [2.05, 4.69) is 0 Å². The number of ether oxygens (including phenoxy) is 2. The van der Waals surface area contributed by atoms with Crippen molar-refractivity contribution in [2.24, 2.45) is 0 Å². The number of methoxy groups -OCH3 is 2. The second-order valence-electron chi connectivity index (χ2n) is 9.79. The number of aliphatic hydroxyl groups excluding tert-OH is 1. The zero-order valence-corrected chi connectivity index (χ0v) is 21.4. The third-order valence-electron chi connectivity index (χ3n) is 6.43. The minimum absolute atomic E-state index is 0.0657. The number of Topliss-reactive ketones (excluding diaryl/α,β-unsaturated/α-hetero) is 1. The lowest BCUT2D eigenvalue weighted by Crippen LogP contribution is -2.29. The Labute approximate surface area is 215 Å². The van der Waals surface area contributed by atoms with Crippen molar-refractivity contribution in [2.45, 2.75) is 32.2 Å². The summed E-state index contributed by atoms with van der Waals surface area (Å²) < 4.78 is 10.3. The van der Waals surface area contributed by atoms with E-state index >= 15 is 0 Å². The Bertz CT molecular complexity index is 1400. The summed E-state index contributed by atoms with van der Waals surface area (Å²) in [5.74, 6) is -2.18. The Hall–Kier alpha value is -4.39. The highest BCUT2D eigenvalue weighted by molar-refractivity contribution is 6.51. The lowest BCUT2D eigenvalue weighted by molar-refractivity contribution is -0.132. The second kappa shape index (κ2) is 9.93. The molecule has 0 aromatic heterocycles. The fraction of sp³-hybridized carbons (Fsp3) is 0.233. The van der Waals surface area contributed by atoms with Crippen LogP contribution in [0.15, 0.2) is 78.4 Å². The molecular weight excluding hydrogens is 470 g/mol. The molecule has 1 fully saturated rings. The van der Waals surface area contributed by atoms with E-state index in [1.165, 1.54) is 25.2 Å². The fourth-order valence-electron chi connectivity index (χ4n) is 4.45. The van der Waals surface area contributed by atoms with Gasteiger partial charge in [-0.3, -0.25) is 14.5 Å². The van der Waals surface area contributed by atoms with Crippen LogP contribution < -0.4 is 9.64 Å². The monoisotopic (exact) mass is 499 g/mol. The number of nitrogens with zero attached hydrogens (tertiary/aromatic N) is 1. The molecule has 7 heteroatoms. The molecule has 0 aliphatic carbocycles. The predicted molar refractivity (Wildman–Crippen MR) is 141 cm³/mol. The minimum Gasteiger partial charge on any atom is -0.507 e. The summed E-state index contributed by atoms with van der Waals surface area (Å²) in [5.41, 5.74) is 2.12. The zero-order chi connectivity index (χ0) is 26.9. The van der Waals surface area contributed by atoms with Crippen LogP contribution >= 0.6 is 0 Å². The highest BCUT2D eigenvalue weighted by Crippen LogP contribution is 2.44. The minimum atomic E-state index is -0.933. The lowest BCUT2D eigenvalue weighted by atomic mass is 9.85. The molecule has 3 aromatic rings. The maximum absolute atomic E-state index is 13.5. The molecule has 1 aliphatic heterocycles. The third-order valence-corrected chi connectivity index (χ3v) is 6.43. The van der Waals surface area contributed by atoms with Crippen LogP contribution in [0.3, 0.4) is 0 Å². The molecule has 3 aromatic carbocycles. The number of anilines is 1. The predicted octanol–water partition coefficient (Wildman–Crippen LogP) is 5.41. The van der Waals surface area contributed by atoms with Crippen molar-refractivity contribution in [3.05, 3.63) is 101 Å². The van der Waals surface area contributed by atoms with Gasteiger partial charge in [0, 0.05) is 5.69 Å². The van der Waals surface area contributed by atoms with Gasteiger partial charge in [-0.25, -0.2) is 4.79 Å². The number of hydrogen-bond acceptors (Lipinski definition) is 6. The van der Waals surface area contributed by atoms with Crippen LogP contribution in [0, 0.1) is 0 Å². The van der Waals surface area contributed by atoms with Crippen LogP contribution in [0.2, 0.25) is 0 Å². The standard InChI is InChI=1S/C30H29NO6/c1-30(2,3)20-14-15-23(36-4)22(17-20)26(32)24-25(18-10-7-6-8-11-18)31(28(34)27(24)33)21-13-9-12-19(16-21)29(35)37-5/h6-17,25,32H,1-5H3/b26-24+. The quantitative estimate of drug-likeness (QED) is 0.219. The van der Waals surface area contributed by atoms with E-state index in [-0.39, 0.29) is 22.3 Å². The number of hydrogen-bond donors (Lipinski definition) is 1. The molecule has 1 heterocycles. The average molecular weight is 500 g/mol. The largest absolute Gasteiger partial charge is 0.507 e. The first kappa shape index (κ1) is 25.7. The van der Waals surface area contributed by atoms with Crippen LogP contribution in [0.4, 0.5) is 5.69 Å². The van der Waals surface area contributed by atoms with Crippen LogP contribution in [0.5, 0.6) is 5.75 Å². The Balaban J connectivity index is 1.98. The van der Waals surface area contributed by atoms with Gasteiger partial charge in [-0.15, -0.1) is 0 Å². The van der Waals surface area contributed by atoms with Crippen molar-refractivity contribution >= 4 is 29.1 Å². The topological polar surface area (TPSA) is 93.1 Å². The Morgan fingerprint density at radius 1 is 0.919 bits per heavy atom. The van der Waals surface area contributed by atoms with Crippen LogP contribution in [-0.4, -0.2) is 37.0 Å². The summed E-state index contributed by atoms with van der Waals surface area (Å²) >= 11 is 0. The van der Waals surface area contributed by atoms with Crippen molar-refractivity contribution in [2.75, 3.05) is 19.1 Å². The SMILES string of the molecule is COC(=O)c1cccc(N2C(=O)C(=O)/C(=C(/O)c3cc(C(C)(C)C)ccc3OC)C2c2ccccc2)c1. The number of esters is 1. The number of benzene rings is 3. The van der Waals surface area contributed by atoms with Gasteiger partial charge in [-0.1, -0.05) is 63.2 Å². The Morgan fingerprint density at radius 2 is 1.62 bits per heavy atom. The van der Waals surface area contributed by atoms with E-state index in [0.29, 0.717) is 22.6 Å². The maximum atomic E-state index is 13.5. The molecule has 4 rings (SSSR count). The zero-order valence-electron chi connectivity index (χ0n) is 21.4. The van der Waals surface area contributed by atoms with Crippen molar-refractivity contribution in [3.8, 4) is 5.75 Å². The molecule has 7 nitrogen and oxygen atoms in total. The van der Waals surface area contributed by atoms with Gasteiger partial charge in [-0.05, 0) is 46.9 Å². The summed E-state index contributed by atoms with van der Waals surface area (Å²) in [7, 11) is 2.75. The van der Waals surface area contributed by atoms with Gasteiger partial charge in [0.25, 0.3) is 11.7 Å². The molecule has 0 spiro atoms. The van der Waals surface area contributed by atoms with Crippen LogP contribution in [0.25, 0.3) is 5.76 Å². The highest BCUT2D eigenvalue weighted by atomic mass is 16.5. The van der Waals surface area contributed by atoms with E-state index in [1.54, 1.807) is 54.6 Å². The molecule has 1 atom stereocenters. The van der Waals surface area contributed by atoms with E-state index in [4.69, 9.17) is 9.47 Å². The second-order valence-corrected chi connectivity index (χ2v) is 9.79. The molecule has 0 saturated carbocycles. The average Bonchev–Trinajstić information content (AvgIpc) is 3.17. The van der Waals surface area contributed by atoms with Gasteiger partial charge in [0.1, 0.15) is 11.5 Å². The number of carbonyl (C=O) groups excluding carboxylic acids is 3. The summed E-state index contributed by atoms with van der Waals surface area (Å²) in [4.78, 5) is 40.4. The van der Waals surface area contributed by atoms with E-state index in [1.807, 2.05) is 32.9 Å². The first-order chi connectivity index (χ1) is 17.6. The lowest BCUT2D eigenvalue weighted by Gasteiger charge is -2.26. The van der Waals surface area contributed by atoms with E-state index in [0.717, 1.165) is 5.56 Å². The van der Waals surface area contributed by atoms with Gasteiger partial charge in [0.05, 0.1) is 37.0 Å². The molecule has 190 valence electrons. The van der Waals surface area contributed by atoms with Gasteiger partial charge < -0.3 is 14.6 Å². The summed E-state index contributed by atoms with van der Waals surface area (Å²) in [6.45, 7) is 6.11. The van der Waals surface area contributed by atoms with Crippen molar-refractivity contribution < 1.29 is 29.0 Å². The number of rotatable bonds is 5. The molecule has 0 radical (unpaired) electrons. The normalized spacial score (nSPS) is 17.1. The van der Waals surface area contributed by atoms with Gasteiger partial charge in [0.15, 0.2) is 0 Å². The van der Waals surface area contributed by atoms with Crippen LogP contribution in [0.1, 0.15) is 53.9 Å². The number of amides is 1. The summed E-state index contributed by atoms with van der Waals surface area (Å²) in [5, 5.41) is 11.6. The highest BCUT2D eigenvalue weighted by Gasteiger charge is 2.47. The molecular formula is C30H29NO6. The first-order valence-corrected chi connectivity index (χ1v) is 11.8. The molecule has 1 unspecified atom stereocenters. The number of ketones is 1. The van der Waals surface area contributed by atoms with E-state index in [9.17, 15) is 19.5 Å². The summed E-state index contributed by atoms with van der Waals surface area (Å²) in [6, 6.07) is 19.8. The first-order valence-electron chi connectivity index (χ1n) is 11.8. The maximum Gasteiger partial charge on any atom is 0.337 e. The number of aliphatic hydroxyl groups is 1. The molecule has 1 N–H and O–H groups in total. The Morgan fingerprint density at radius 3 is 2.24 bits per heavy atom. The van der Waals surface area contributed by atoms with Crippen molar-refractivity contribution in [1.29, 1.82) is 0 Å². The summed E-state index contributed by atoms with van der Waals surface area (Å²) in [6.07, 6.45) is 0. The van der Waals surface area contributed by atoms with E-state index < -0.39 is 23.7 Å². The Kier molecular flexibility index (Phi) is 6.90. The number of carbonyl (C=O) groups is 3. The molecule has 1 saturated heterocycles. The smallest absolute Gasteiger partial charge is 0.337 e. The van der Waals surface area contributed by atoms with Crippen molar-refractivity contribution in [3.63, 3.8) is 0 Å². The molecule has 1 aliphatic rings. The molecule has 1 amide bonds.